The molecule has 1 aromatic heterocycles. The minimum atomic E-state index is -0.602. The maximum Gasteiger partial charge on any atom is 0.306 e. The van der Waals surface area contributed by atoms with Crippen LogP contribution in [0.25, 0.3) is 10.9 Å². The molecule has 0 bridgehead atoms. The summed E-state index contributed by atoms with van der Waals surface area (Å²) >= 11 is 18.0. The molecular formula is C10H5Cl3N2O2. The lowest BCUT2D eigenvalue weighted by atomic mass is 10.1. The number of hydrogen-bond donors (Lipinski definition) is 0. The molecule has 1 heterocycles. The Labute approximate surface area is 111 Å². The van der Waals surface area contributed by atoms with Crippen molar-refractivity contribution < 1.29 is 4.92 Å². The molecule has 0 amide bonds. The fourth-order valence-electron chi connectivity index (χ4n) is 1.46. The van der Waals surface area contributed by atoms with Gasteiger partial charge >= 0.3 is 5.69 Å². The average Bonchev–Trinajstić information content (AvgIpc) is 2.25. The van der Waals surface area contributed by atoms with Gasteiger partial charge < -0.3 is 0 Å². The molecule has 0 N–H and O–H groups in total. The number of hydrogen-bond acceptors (Lipinski definition) is 3. The van der Waals surface area contributed by atoms with Gasteiger partial charge in [0, 0.05) is 10.4 Å². The molecule has 2 rings (SSSR count). The zero-order valence-electron chi connectivity index (χ0n) is 8.50. The van der Waals surface area contributed by atoms with Gasteiger partial charge in [-0.1, -0.05) is 34.8 Å². The summed E-state index contributed by atoms with van der Waals surface area (Å²) in [4.78, 5) is 14.1. The van der Waals surface area contributed by atoms with E-state index >= 15 is 0 Å². The lowest BCUT2D eigenvalue weighted by Crippen LogP contribution is -1.93. The molecular weight excluding hydrogens is 286 g/mol. The zero-order chi connectivity index (χ0) is 12.7. The quantitative estimate of drug-likeness (QED) is 0.577. The van der Waals surface area contributed by atoms with E-state index in [4.69, 9.17) is 34.8 Å². The van der Waals surface area contributed by atoms with Crippen LogP contribution in [0.5, 0.6) is 0 Å². The Hall–Kier alpha value is -1.10. The third kappa shape index (κ3) is 1.92. The van der Waals surface area contributed by atoms with Gasteiger partial charge in [-0.25, -0.2) is 4.98 Å². The first-order valence-electron chi connectivity index (χ1n) is 4.50. The molecule has 88 valence electrons. The van der Waals surface area contributed by atoms with Crippen molar-refractivity contribution in [1.29, 1.82) is 0 Å². The van der Waals surface area contributed by atoms with Gasteiger partial charge in [0.25, 0.3) is 0 Å². The summed E-state index contributed by atoms with van der Waals surface area (Å²) in [5, 5.41) is 11.8. The minimum absolute atomic E-state index is 0.0234. The normalized spacial score (nSPS) is 10.8. The van der Waals surface area contributed by atoms with Gasteiger partial charge in [0.1, 0.15) is 11.2 Å². The Morgan fingerprint density at radius 2 is 1.94 bits per heavy atom. The highest BCUT2D eigenvalue weighted by molar-refractivity contribution is 6.45. The van der Waals surface area contributed by atoms with Crippen molar-refractivity contribution in [2.24, 2.45) is 0 Å². The fourth-order valence-corrected chi connectivity index (χ4v) is 2.36. The molecule has 2 aromatic rings. The summed E-state index contributed by atoms with van der Waals surface area (Å²) in [7, 11) is 0. The Kier molecular flexibility index (Phi) is 3.12. The van der Waals surface area contributed by atoms with Crippen molar-refractivity contribution in [1.82, 2.24) is 4.98 Å². The van der Waals surface area contributed by atoms with E-state index in [-0.39, 0.29) is 15.7 Å². The predicted molar refractivity (Wildman–Crippen MR) is 68.2 cm³/mol. The molecule has 0 fully saturated rings. The summed E-state index contributed by atoms with van der Waals surface area (Å²) in [6.07, 6.45) is 1.09. The molecule has 0 atom stereocenters. The number of fused-ring (bicyclic) bond motifs is 1. The molecule has 1 aromatic carbocycles. The lowest BCUT2D eigenvalue weighted by Gasteiger charge is -2.07. The maximum atomic E-state index is 10.7. The first-order chi connectivity index (χ1) is 7.93. The van der Waals surface area contributed by atoms with Gasteiger partial charge in [-0.05, 0) is 18.6 Å². The van der Waals surface area contributed by atoms with Gasteiger partial charge in [0.2, 0.25) is 0 Å². The van der Waals surface area contributed by atoms with Gasteiger partial charge in [-0.3, -0.25) is 10.1 Å². The molecule has 0 unspecified atom stereocenters. The highest BCUT2D eigenvalue weighted by Crippen LogP contribution is 2.39. The molecule has 0 spiro atoms. The second-order valence-electron chi connectivity index (χ2n) is 3.41. The van der Waals surface area contributed by atoms with E-state index in [1.807, 2.05) is 0 Å². The summed E-state index contributed by atoms with van der Waals surface area (Å²) in [5.41, 5.74) is 0.772. The number of halogens is 3. The van der Waals surface area contributed by atoms with Crippen LogP contribution in [0.3, 0.4) is 0 Å². The fraction of sp³-hybridized carbons (Fsp3) is 0.100. The summed E-state index contributed by atoms with van der Waals surface area (Å²) < 4.78 is 0. The molecule has 17 heavy (non-hydrogen) atoms. The Morgan fingerprint density at radius 1 is 1.29 bits per heavy atom. The van der Waals surface area contributed by atoms with E-state index < -0.39 is 4.92 Å². The highest BCUT2D eigenvalue weighted by Gasteiger charge is 2.20. The van der Waals surface area contributed by atoms with Crippen molar-refractivity contribution in [2.45, 2.75) is 6.92 Å². The number of aromatic nitrogens is 1. The minimum Gasteiger partial charge on any atom is -0.258 e. The standard InChI is InChI=1S/C10H5Cl3N2O2/c1-4-5(11)2-6-8(9(4)12)10(13)7(3-14-6)15(16)17/h2-3H,1H3. The number of nitrogens with zero attached hydrogens (tertiary/aromatic N) is 2. The summed E-state index contributed by atoms with van der Waals surface area (Å²) in [6.45, 7) is 1.71. The van der Waals surface area contributed by atoms with Gasteiger partial charge in [0.05, 0.1) is 15.5 Å². The molecule has 0 radical (unpaired) electrons. The van der Waals surface area contributed by atoms with Crippen molar-refractivity contribution in [3.05, 3.63) is 43.0 Å². The first-order valence-corrected chi connectivity index (χ1v) is 5.64. The van der Waals surface area contributed by atoms with E-state index in [1.165, 1.54) is 0 Å². The van der Waals surface area contributed by atoms with E-state index in [1.54, 1.807) is 13.0 Å². The maximum absolute atomic E-state index is 10.7. The van der Waals surface area contributed by atoms with Gasteiger partial charge in [-0.2, -0.15) is 0 Å². The van der Waals surface area contributed by atoms with Crippen LogP contribution in [0.1, 0.15) is 5.56 Å². The number of benzene rings is 1. The van der Waals surface area contributed by atoms with Crippen LogP contribution >= 0.6 is 34.8 Å². The summed E-state index contributed by atoms with van der Waals surface area (Å²) in [6, 6.07) is 1.58. The summed E-state index contributed by atoms with van der Waals surface area (Å²) in [5.74, 6) is 0. The molecule has 4 nitrogen and oxygen atoms in total. The van der Waals surface area contributed by atoms with E-state index in [0.717, 1.165) is 6.20 Å². The second-order valence-corrected chi connectivity index (χ2v) is 4.57. The lowest BCUT2D eigenvalue weighted by molar-refractivity contribution is -0.384. The number of rotatable bonds is 1. The van der Waals surface area contributed by atoms with Crippen LogP contribution in [0.2, 0.25) is 15.1 Å². The van der Waals surface area contributed by atoms with Crippen molar-refractivity contribution >= 4 is 51.4 Å². The van der Waals surface area contributed by atoms with Crippen molar-refractivity contribution in [3.8, 4) is 0 Å². The van der Waals surface area contributed by atoms with Crippen LogP contribution < -0.4 is 0 Å². The van der Waals surface area contributed by atoms with Crippen LogP contribution in [-0.4, -0.2) is 9.91 Å². The molecule has 0 aliphatic rings. The van der Waals surface area contributed by atoms with Crippen molar-refractivity contribution in [3.63, 3.8) is 0 Å². The van der Waals surface area contributed by atoms with Gasteiger partial charge in [-0.15, -0.1) is 0 Å². The Balaban J connectivity index is 2.95. The number of pyridine rings is 1. The van der Waals surface area contributed by atoms with E-state index in [2.05, 4.69) is 4.98 Å². The van der Waals surface area contributed by atoms with Crippen LogP contribution in [0.4, 0.5) is 5.69 Å². The SMILES string of the molecule is Cc1c(Cl)cc2ncc([N+](=O)[O-])c(Cl)c2c1Cl. The molecule has 0 aliphatic heterocycles. The topological polar surface area (TPSA) is 56.0 Å². The Morgan fingerprint density at radius 3 is 2.53 bits per heavy atom. The van der Waals surface area contributed by atoms with Gasteiger partial charge in [0.15, 0.2) is 0 Å². The van der Waals surface area contributed by atoms with Crippen LogP contribution in [0.15, 0.2) is 12.3 Å². The smallest absolute Gasteiger partial charge is 0.258 e. The predicted octanol–water partition coefficient (Wildman–Crippen LogP) is 4.41. The number of nitro groups is 1. The van der Waals surface area contributed by atoms with E-state index in [0.29, 0.717) is 21.5 Å². The van der Waals surface area contributed by atoms with E-state index in [9.17, 15) is 10.1 Å². The molecule has 0 saturated heterocycles. The zero-order valence-corrected chi connectivity index (χ0v) is 10.8. The molecule has 0 saturated carbocycles. The first kappa shape index (κ1) is 12.4. The largest absolute Gasteiger partial charge is 0.306 e. The monoisotopic (exact) mass is 290 g/mol. The van der Waals surface area contributed by atoms with Crippen LogP contribution in [0, 0.1) is 17.0 Å². The molecule has 0 aliphatic carbocycles. The average molecular weight is 292 g/mol. The highest BCUT2D eigenvalue weighted by atomic mass is 35.5. The second kappa shape index (κ2) is 4.29. The van der Waals surface area contributed by atoms with Crippen LogP contribution in [-0.2, 0) is 0 Å². The molecule has 7 heteroatoms. The third-order valence-electron chi connectivity index (χ3n) is 2.39. The van der Waals surface area contributed by atoms with Crippen molar-refractivity contribution in [2.75, 3.05) is 0 Å². The third-order valence-corrected chi connectivity index (χ3v) is 3.64. The Bertz CT molecular complexity index is 643.